The van der Waals surface area contributed by atoms with E-state index in [-0.39, 0.29) is 11.5 Å². The minimum absolute atomic E-state index is 0.0307. The largest absolute Gasteiger partial charge is 0.497 e. The van der Waals surface area contributed by atoms with Crippen LogP contribution in [0.2, 0.25) is 0 Å². The quantitative estimate of drug-likeness (QED) is 0.808. The molecule has 1 aliphatic rings. The van der Waals surface area contributed by atoms with Crippen molar-refractivity contribution in [1.29, 1.82) is 0 Å². The molecule has 1 saturated heterocycles. The molecule has 0 bridgehead atoms. The first-order chi connectivity index (χ1) is 7.70. The molecule has 1 aliphatic heterocycles. The van der Waals surface area contributed by atoms with Crippen LogP contribution in [0.3, 0.4) is 0 Å². The van der Waals surface area contributed by atoms with E-state index in [9.17, 15) is 5.11 Å². The number of rotatable bonds is 2. The van der Waals surface area contributed by atoms with Gasteiger partial charge in [-0.1, -0.05) is 12.1 Å². The number of halogens is 1. The van der Waals surface area contributed by atoms with E-state index in [1.807, 2.05) is 24.3 Å². The first-order valence-electron chi connectivity index (χ1n) is 5.28. The molecular weight excluding hydrogens is 228 g/mol. The fourth-order valence-electron chi connectivity index (χ4n) is 1.80. The predicted molar refractivity (Wildman–Crippen MR) is 62.0 cm³/mol. The lowest BCUT2D eigenvalue weighted by atomic mass is 10.00. The molecule has 1 aromatic carbocycles. The summed E-state index contributed by atoms with van der Waals surface area (Å²) in [6.07, 6.45) is 0.0441. The Morgan fingerprint density at radius 3 is 2.62 bits per heavy atom. The van der Waals surface area contributed by atoms with Crippen LogP contribution in [-0.2, 0) is 4.74 Å². The summed E-state index contributed by atoms with van der Waals surface area (Å²) < 4.78 is 10.6. The minimum atomic E-state index is -0.559. The lowest BCUT2D eigenvalue weighted by Crippen LogP contribution is -2.34. The van der Waals surface area contributed by atoms with Gasteiger partial charge in [-0.3, -0.25) is 0 Å². The molecule has 1 fully saturated rings. The second kappa shape index (κ2) is 5.04. The average Bonchev–Trinajstić information content (AvgIpc) is 2.33. The number of aliphatic hydroxyl groups is 1. The van der Waals surface area contributed by atoms with Crippen molar-refractivity contribution in [3.63, 3.8) is 0 Å². The van der Waals surface area contributed by atoms with Gasteiger partial charge in [0.25, 0.3) is 0 Å². The van der Waals surface area contributed by atoms with Gasteiger partial charge in [-0.25, -0.2) is 0 Å². The molecule has 1 N–H and O–H groups in total. The van der Waals surface area contributed by atoms with Crippen LogP contribution in [-0.4, -0.2) is 30.3 Å². The summed E-state index contributed by atoms with van der Waals surface area (Å²) in [6, 6.07) is 7.72. The number of hydrogen-bond donors (Lipinski definition) is 1. The fourth-order valence-corrected chi connectivity index (χ4v) is 2.03. The van der Waals surface area contributed by atoms with Gasteiger partial charge in [0.2, 0.25) is 0 Å². The molecule has 1 aromatic rings. The molecule has 3 nitrogen and oxygen atoms in total. The molecule has 4 heteroatoms. The van der Waals surface area contributed by atoms with Gasteiger partial charge in [-0.05, 0) is 24.1 Å². The van der Waals surface area contributed by atoms with E-state index in [4.69, 9.17) is 21.1 Å². The Morgan fingerprint density at radius 2 is 2.06 bits per heavy atom. The van der Waals surface area contributed by atoms with Gasteiger partial charge in [0.15, 0.2) is 0 Å². The number of alkyl halides is 1. The van der Waals surface area contributed by atoms with E-state index < -0.39 is 6.10 Å². The lowest BCUT2D eigenvalue weighted by Gasteiger charge is -2.30. The van der Waals surface area contributed by atoms with Crippen LogP contribution in [0.1, 0.15) is 18.1 Å². The van der Waals surface area contributed by atoms with Crippen molar-refractivity contribution in [2.24, 2.45) is 0 Å². The summed E-state index contributed by atoms with van der Waals surface area (Å²) in [5, 5.41) is 9.21. The van der Waals surface area contributed by atoms with Gasteiger partial charge >= 0.3 is 0 Å². The Bertz CT molecular complexity index is 339. The standard InChI is InChI=1S/C12H15ClO3/c1-15-9-4-2-8(3-5-9)12-6-10(13)11(14)7-16-12/h2-5,10-12,14H,6-7H2,1H3/t10-,11-,12+/m1/s1. The highest BCUT2D eigenvalue weighted by Gasteiger charge is 2.29. The highest BCUT2D eigenvalue weighted by molar-refractivity contribution is 6.21. The van der Waals surface area contributed by atoms with Crippen LogP contribution < -0.4 is 4.74 Å². The molecule has 0 aromatic heterocycles. The molecule has 2 rings (SSSR count). The zero-order chi connectivity index (χ0) is 11.5. The summed E-state index contributed by atoms with van der Waals surface area (Å²) in [6.45, 7) is 0.296. The van der Waals surface area contributed by atoms with Crippen molar-refractivity contribution in [3.8, 4) is 5.75 Å². The van der Waals surface area contributed by atoms with Crippen LogP contribution >= 0.6 is 11.6 Å². The topological polar surface area (TPSA) is 38.7 Å². The molecule has 0 radical (unpaired) electrons. The van der Waals surface area contributed by atoms with Gasteiger partial charge in [0.1, 0.15) is 5.75 Å². The van der Waals surface area contributed by atoms with Gasteiger partial charge in [-0.2, -0.15) is 0 Å². The molecule has 0 unspecified atom stereocenters. The number of benzene rings is 1. The molecule has 0 amide bonds. The van der Waals surface area contributed by atoms with Crippen molar-refractivity contribution in [1.82, 2.24) is 0 Å². The Morgan fingerprint density at radius 1 is 1.38 bits per heavy atom. The highest BCUT2D eigenvalue weighted by atomic mass is 35.5. The number of ether oxygens (including phenoxy) is 2. The van der Waals surface area contributed by atoms with Gasteiger partial charge in [0, 0.05) is 0 Å². The van der Waals surface area contributed by atoms with Crippen LogP contribution in [0, 0.1) is 0 Å². The van der Waals surface area contributed by atoms with Gasteiger partial charge < -0.3 is 14.6 Å². The smallest absolute Gasteiger partial charge is 0.118 e. The Kier molecular flexibility index (Phi) is 3.69. The molecule has 0 spiro atoms. The monoisotopic (exact) mass is 242 g/mol. The summed E-state index contributed by atoms with van der Waals surface area (Å²) in [7, 11) is 1.64. The first kappa shape index (κ1) is 11.7. The Labute approximate surface area is 99.9 Å². The number of methoxy groups -OCH3 is 1. The summed E-state index contributed by atoms with van der Waals surface area (Å²) in [5.74, 6) is 0.821. The van der Waals surface area contributed by atoms with E-state index in [1.54, 1.807) is 7.11 Å². The predicted octanol–water partition coefficient (Wildman–Crippen LogP) is 2.12. The third kappa shape index (κ3) is 2.48. The maximum Gasteiger partial charge on any atom is 0.118 e. The van der Waals surface area contributed by atoms with E-state index in [0.717, 1.165) is 11.3 Å². The maximum atomic E-state index is 9.45. The zero-order valence-electron chi connectivity index (χ0n) is 9.10. The average molecular weight is 243 g/mol. The SMILES string of the molecule is COc1ccc([C@@H]2C[C@@H](Cl)[C@H](O)CO2)cc1. The van der Waals surface area contributed by atoms with E-state index >= 15 is 0 Å². The minimum Gasteiger partial charge on any atom is -0.497 e. The van der Waals surface area contributed by atoms with Crippen molar-refractivity contribution in [3.05, 3.63) is 29.8 Å². The molecular formula is C12H15ClO3. The number of aliphatic hydroxyl groups excluding tert-OH is 1. The molecule has 16 heavy (non-hydrogen) atoms. The Balaban J connectivity index is 2.06. The first-order valence-corrected chi connectivity index (χ1v) is 5.72. The normalized spacial score (nSPS) is 30.1. The van der Waals surface area contributed by atoms with Crippen LogP contribution in [0.4, 0.5) is 0 Å². The molecule has 1 heterocycles. The highest BCUT2D eigenvalue weighted by Crippen LogP contribution is 2.31. The third-order valence-electron chi connectivity index (χ3n) is 2.81. The summed E-state index contributed by atoms with van der Waals surface area (Å²) in [4.78, 5) is 0. The maximum absolute atomic E-state index is 9.45. The Hall–Kier alpha value is -0.770. The van der Waals surface area contributed by atoms with Gasteiger partial charge in [0.05, 0.1) is 31.3 Å². The molecule has 3 atom stereocenters. The summed E-state index contributed by atoms with van der Waals surface area (Å²) in [5.41, 5.74) is 1.07. The van der Waals surface area contributed by atoms with E-state index in [0.29, 0.717) is 13.0 Å². The van der Waals surface area contributed by atoms with E-state index in [1.165, 1.54) is 0 Å². The second-order valence-corrected chi connectivity index (χ2v) is 4.47. The van der Waals surface area contributed by atoms with Crippen molar-refractivity contribution < 1.29 is 14.6 Å². The van der Waals surface area contributed by atoms with Crippen molar-refractivity contribution >= 4 is 11.6 Å². The van der Waals surface area contributed by atoms with Crippen LogP contribution in [0.25, 0.3) is 0 Å². The van der Waals surface area contributed by atoms with E-state index in [2.05, 4.69) is 0 Å². The molecule has 88 valence electrons. The van der Waals surface area contributed by atoms with Crippen LogP contribution in [0.5, 0.6) is 5.75 Å². The lowest BCUT2D eigenvalue weighted by molar-refractivity contribution is -0.0540. The van der Waals surface area contributed by atoms with Gasteiger partial charge in [-0.15, -0.1) is 11.6 Å². The fraction of sp³-hybridized carbons (Fsp3) is 0.500. The van der Waals surface area contributed by atoms with Crippen LogP contribution in [0.15, 0.2) is 24.3 Å². The van der Waals surface area contributed by atoms with Crippen molar-refractivity contribution in [2.75, 3.05) is 13.7 Å². The summed E-state index contributed by atoms with van der Waals surface area (Å²) >= 11 is 6.02. The zero-order valence-corrected chi connectivity index (χ0v) is 9.85. The second-order valence-electron chi connectivity index (χ2n) is 3.91. The van der Waals surface area contributed by atoms with Crippen molar-refractivity contribution in [2.45, 2.75) is 24.0 Å². The molecule has 0 aliphatic carbocycles. The third-order valence-corrected chi connectivity index (χ3v) is 3.28. The molecule has 0 saturated carbocycles. The number of hydrogen-bond acceptors (Lipinski definition) is 3.